The van der Waals surface area contributed by atoms with Gasteiger partial charge in [0, 0.05) is 23.9 Å². The molecule has 0 unspecified atom stereocenters. The summed E-state index contributed by atoms with van der Waals surface area (Å²) in [6.07, 6.45) is 0. The minimum absolute atomic E-state index is 0.0918. The minimum Gasteiger partial charge on any atom is -0.476 e. The maximum absolute atomic E-state index is 11.5. The highest BCUT2D eigenvalue weighted by Crippen LogP contribution is 2.15. The number of aryl methyl sites for hydroxylation is 1. The maximum atomic E-state index is 11.5. The molecule has 1 aromatic heterocycles. The molecule has 0 aliphatic rings. The van der Waals surface area contributed by atoms with E-state index in [0.29, 0.717) is 11.4 Å². The standard InChI is InChI=1S/C12H9N3O5/c1-7-6-10(16)11(12(17)18)13-14(7)8-2-4-9(5-3-8)15(19)20/h2-6H,1H3,(H,17,18). The fourth-order valence-corrected chi connectivity index (χ4v) is 1.67. The van der Waals surface area contributed by atoms with Crippen LogP contribution in [0.1, 0.15) is 16.2 Å². The Hall–Kier alpha value is -3.03. The fraction of sp³-hybridized carbons (Fsp3) is 0.0833. The van der Waals surface area contributed by atoms with Gasteiger partial charge in [-0.1, -0.05) is 0 Å². The number of carboxylic acid groups (broad SMARTS) is 1. The van der Waals surface area contributed by atoms with Gasteiger partial charge in [0.25, 0.3) is 5.69 Å². The quantitative estimate of drug-likeness (QED) is 0.663. The Morgan fingerprint density at radius 3 is 2.45 bits per heavy atom. The van der Waals surface area contributed by atoms with E-state index >= 15 is 0 Å². The van der Waals surface area contributed by atoms with Crippen molar-refractivity contribution in [2.75, 3.05) is 0 Å². The topological polar surface area (TPSA) is 115 Å². The van der Waals surface area contributed by atoms with Gasteiger partial charge in [0.1, 0.15) is 0 Å². The zero-order chi connectivity index (χ0) is 14.9. The van der Waals surface area contributed by atoms with E-state index in [0.717, 1.165) is 6.07 Å². The van der Waals surface area contributed by atoms with Crippen molar-refractivity contribution >= 4 is 11.7 Å². The second-order valence-corrected chi connectivity index (χ2v) is 3.99. The molecule has 1 heterocycles. The number of non-ortho nitro benzene ring substituents is 1. The van der Waals surface area contributed by atoms with Gasteiger partial charge in [0.05, 0.1) is 10.6 Å². The van der Waals surface area contributed by atoms with E-state index in [-0.39, 0.29) is 5.69 Å². The molecular weight excluding hydrogens is 266 g/mol. The molecule has 0 aliphatic carbocycles. The van der Waals surface area contributed by atoms with Crippen molar-refractivity contribution < 1.29 is 14.8 Å². The second-order valence-electron chi connectivity index (χ2n) is 3.99. The number of benzene rings is 1. The molecule has 20 heavy (non-hydrogen) atoms. The molecule has 0 spiro atoms. The average molecular weight is 275 g/mol. The molecule has 0 amide bonds. The van der Waals surface area contributed by atoms with Gasteiger partial charge in [-0.3, -0.25) is 14.9 Å². The summed E-state index contributed by atoms with van der Waals surface area (Å²) < 4.78 is 1.24. The third-order valence-corrected chi connectivity index (χ3v) is 2.62. The predicted octanol–water partition coefficient (Wildman–Crippen LogP) is 1.15. The molecular formula is C12H9N3O5. The number of aromatic carboxylic acids is 1. The summed E-state index contributed by atoms with van der Waals surface area (Å²) in [4.78, 5) is 32.4. The Balaban J connectivity index is 2.57. The second kappa shape index (κ2) is 4.92. The molecule has 8 heteroatoms. The molecule has 1 aromatic carbocycles. The van der Waals surface area contributed by atoms with Crippen molar-refractivity contribution in [2.45, 2.75) is 6.92 Å². The number of hydrogen-bond donors (Lipinski definition) is 1. The Bertz CT molecular complexity index is 749. The Morgan fingerprint density at radius 1 is 1.35 bits per heavy atom. The van der Waals surface area contributed by atoms with Crippen molar-refractivity contribution in [3.05, 3.63) is 62.1 Å². The first kappa shape index (κ1) is 13.4. The number of nitro groups is 1. The third kappa shape index (κ3) is 2.39. The van der Waals surface area contributed by atoms with Crippen molar-refractivity contribution in [3.63, 3.8) is 0 Å². The van der Waals surface area contributed by atoms with E-state index in [1.54, 1.807) is 6.92 Å². The zero-order valence-electron chi connectivity index (χ0n) is 10.3. The Kier molecular flexibility index (Phi) is 3.30. The monoisotopic (exact) mass is 275 g/mol. The van der Waals surface area contributed by atoms with Crippen LogP contribution in [0, 0.1) is 17.0 Å². The highest BCUT2D eigenvalue weighted by molar-refractivity contribution is 5.84. The lowest BCUT2D eigenvalue weighted by Gasteiger charge is -2.09. The number of aromatic nitrogens is 2. The molecule has 1 N–H and O–H groups in total. The number of nitrogens with zero attached hydrogens (tertiary/aromatic N) is 3. The van der Waals surface area contributed by atoms with Gasteiger partial charge in [-0.15, -0.1) is 0 Å². The maximum Gasteiger partial charge on any atom is 0.360 e. The highest BCUT2D eigenvalue weighted by Gasteiger charge is 2.14. The van der Waals surface area contributed by atoms with Crippen LogP contribution in [0.15, 0.2) is 35.1 Å². The first-order valence-electron chi connectivity index (χ1n) is 5.49. The summed E-state index contributed by atoms with van der Waals surface area (Å²) in [5.41, 5.74) is -0.530. The van der Waals surface area contributed by atoms with Gasteiger partial charge >= 0.3 is 5.97 Å². The van der Waals surface area contributed by atoms with Crippen LogP contribution in [0.5, 0.6) is 0 Å². The average Bonchev–Trinajstić information content (AvgIpc) is 2.38. The van der Waals surface area contributed by atoms with E-state index in [9.17, 15) is 19.7 Å². The summed E-state index contributed by atoms with van der Waals surface area (Å²) in [7, 11) is 0. The molecule has 102 valence electrons. The summed E-state index contributed by atoms with van der Waals surface area (Å²) >= 11 is 0. The van der Waals surface area contributed by atoms with E-state index < -0.39 is 22.0 Å². The van der Waals surface area contributed by atoms with Crippen LogP contribution < -0.4 is 5.43 Å². The molecule has 0 bridgehead atoms. The largest absolute Gasteiger partial charge is 0.476 e. The molecule has 0 atom stereocenters. The third-order valence-electron chi connectivity index (χ3n) is 2.62. The number of carbonyl (C=O) groups is 1. The van der Waals surface area contributed by atoms with Crippen LogP contribution in [-0.4, -0.2) is 25.8 Å². The van der Waals surface area contributed by atoms with Gasteiger partial charge in [0.2, 0.25) is 11.1 Å². The van der Waals surface area contributed by atoms with Crippen LogP contribution >= 0.6 is 0 Å². The smallest absolute Gasteiger partial charge is 0.360 e. The number of rotatable bonds is 3. The highest BCUT2D eigenvalue weighted by atomic mass is 16.6. The Labute approximate surface area is 112 Å². The fourth-order valence-electron chi connectivity index (χ4n) is 1.67. The van der Waals surface area contributed by atoms with Gasteiger partial charge in [-0.05, 0) is 19.1 Å². The molecule has 2 aromatic rings. The molecule has 0 radical (unpaired) electrons. The molecule has 0 fully saturated rings. The van der Waals surface area contributed by atoms with Gasteiger partial charge in [-0.2, -0.15) is 5.10 Å². The van der Waals surface area contributed by atoms with Crippen molar-refractivity contribution in [3.8, 4) is 5.69 Å². The number of hydrogen-bond acceptors (Lipinski definition) is 5. The van der Waals surface area contributed by atoms with Crippen molar-refractivity contribution in [2.24, 2.45) is 0 Å². The molecule has 8 nitrogen and oxygen atoms in total. The van der Waals surface area contributed by atoms with E-state index in [1.807, 2.05) is 0 Å². The summed E-state index contributed by atoms with van der Waals surface area (Å²) in [5, 5.41) is 23.2. The molecule has 2 rings (SSSR count). The summed E-state index contributed by atoms with van der Waals surface area (Å²) in [6.45, 7) is 1.58. The first-order chi connectivity index (χ1) is 9.40. The van der Waals surface area contributed by atoms with Crippen LogP contribution in [0.3, 0.4) is 0 Å². The zero-order valence-corrected chi connectivity index (χ0v) is 10.3. The lowest BCUT2D eigenvalue weighted by atomic mass is 10.2. The normalized spacial score (nSPS) is 10.2. The van der Waals surface area contributed by atoms with Gasteiger partial charge < -0.3 is 5.11 Å². The van der Waals surface area contributed by atoms with E-state index in [1.165, 1.54) is 28.9 Å². The van der Waals surface area contributed by atoms with Crippen molar-refractivity contribution in [1.82, 2.24) is 9.78 Å². The van der Waals surface area contributed by atoms with Crippen LogP contribution in [0.25, 0.3) is 5.69 Å². The predicted molar refractivity (Wildman–Crippen MR) is 68.2 cm³/mol. The number of nitro benzene ring substituents is 1. The summed E-state index contributed by atoms with van der Waals surface area (Å²) in [6, 6.07) is 6.55. The van der Waals surface area contributed by atoms with Crippen molar-refractivity contribution in [1.29, 1.82) is 0 Å². The molecule has 0 saturated heterocycles. The van der Waals surface area contributed by atoms with Crippen LogP contribution in [0.2, 0.25) is 0 Å². The first-order valence-corrected chi connectivity index (χ1v) is 5.49. The van der Waals surface area contributed by atoms with Gasteiger partial charge in [0.15, 0.2) is 0 Å². The molecule has 0 aliphatic heterocycles. The molecule has 0 saturated carbocycles. The lowest BCUT2D eigenvalue weighted by Crippen LogP contribution is -2.22. The Morgan fingerprint density at radius 2 is 1.95 bits per heavy atom. The number of carboxylic acids is 1. The van der Waals surface area contributed by atoms with Crippen LogP contribution in [-0.2, 0) is 0 Å². The minimum atomic E-state index is -1.43. The van der Waals surface area contributed by atoms with E-state index in [4.69, 9.17) is 5.11 Å². The van der Waals surface area contributed by atoms with Gasteiger partial charge in [-0.25, -0.2) is 9.48 Å². The van der Waals surface area contributed by atoms with E-state index in [2.05, 4.69) is 5.10 Å². The van der Waals surface area contributed by atoms with Crippen LogP contribution in [0.4, 0.5) is 5.69 Å². The lowest BCUT2D eigenvalue weighted by molar-refractivity contribution is -0.384. The SMILES string of the molecule is Cc1cc(=O)c(C(=O)O)nn1-c1ccc([N+](=O)[O-])cc1. The summed E-state index contributed by atoms with van der Waals surface area (Å²) in [5.74, 6) is -1.43.